The molecule has 0 fully saturated rings. The summed E-state index contributed by atoms with van der Waals surface area (Å²) in [6.45, 7) is 7.85. The van der Waals surface area contributed by atoms with Crippen LogP contribution < -0.4 is 5.73 Å². The van der Waals surface area contributed by atoms with Crippen molar-refractivity contribution >= 4 is 5.78 Å². The van der Waals surface area contributed by atoms with E-state index in [1.807, 2.05) is 20.8 Å². The molecule has 0 aromatic rings. The molecule has 0 aromatic heterocycles. The van der Waals surface area contributed by atoms with Crippen LogP contribution in [0, 0.1) is 17.3 Å². The molecular weight excluding hydrogens is 162 g/mol. The average molecular weight is 181 g/mol. The standard InChI is InChI=1S/C11H19NO/c1-5-6-7-9(13)8-10(12)11(2,3)4/h10H,7-8,12H2,1-4H3. The first-order valence-electron chi connectivity index (χ1n) is 4.55. The molecule has 2 heteroatoms. The van der Waals surface area contributed by atoms with Crippen molar-refractivity contribution in [3.05, 3.63) is 0 Å². The molecule has 13 heavy (non-hydrogen) atoms. The Morgan fingerprint density at radius 3 is 2.38 bits per heavy atom. The van der Waals surface area contributed by atoms with Crippen molar-refractivity contribution in [3.63, 3.8) is 0 Å². The lowest BCUT2D eigenvalue weighted by Gasteiger charge is -2.26. The highest BCUT2D eigenvalue weighted by Gasteiger charge is 2.22. The molecule has 0 aliphatic rings. The molecule has 0 amide bonds. The van der Waals surface area contributed by atoms with Crippen LogP contribution in [0.25, 0.3) is 0 Å². The van der Waals surface area contributed by atoms with E-state index in [2.05, 4.69) is 11.8 Å². The summed E-state index contributed by atoms with van der Waals surface area (Å²) in [5, 5.41) is 0. The van der Waals surface area contributed by atoms with Gasteiger partial charge in [-0.2, -0.15) is 0 Å². The van der Waals surface area contributed by atoms with E-state index in [0.717, 1.165) is 0 Å². The summed E-state index contributed by atoms with van der Waals surface area (Å²) in [7, 11) is 0. The smallest absolute Gasteiger partial charge is 0.146 e. The van der Waals surface area contributed by atoms with E-state index in [1.54, 1.807) is 6.92 Å². The summed E-state index contributed by atoms with van der Waals surface area (Å²) in [4.78, 5) is 11.3. The summed E-state index contributed by atoms with van der Waals surface area (Å²) < 4.78 is 0. The van der Waals surface area contributed by atoms with Gasteiger partial charge in [-0.15, -0.1) is 5.92 Å². The first kappa shape index (κ1) is 12.2. The Labute approximate surface area is 80.9 Å². The Kier molecular flexibility index (Phi) is 4.72. The van der Waals surface area contributed by atoms with Gasteiger partial charge in [-0.05, 0) is 12.3 Å². The number of carbonyl (C=O) groups is 1. The average Bonchev–Trinajstić information content (AvgIpc) is 1.99. The molecule has 0 radical (unpaired) electrons. The minimum atomic E-state index is -0.0707. The summed E-state index contributed by atoms with van der Waals surface area (Å²) in [5.41, 5.74) is 5.85. The van der Waals surface area contributed by atoms with Gasteiger partial charge in [0.25, 0.3) is 0 Å². The SMILES string of the molecule is CC#CCC(=O)CC(N)C(C)(C)C. The Morgan fingerprint density at radius 2 is 2.00 bits per heavy atom. The van der Waals surface area contributed by atoms with Crippen molar-refractivity contribution in [2.45, 2.75) is 46.6 Å². The Morgan fingerprint density at radius 1 is 1.46 bits per heavy atom. The van der Waals surface area contributed by atoms with Crippen molar-refractivity contribution in [3.8, 4) is 11.8 Å². The van der Waals surface area contributed by atoms with Gasteiger partial charge < -0.3 is 5.73 Å². The fourth-order valence-electron chi connectivity index (χ4n) is 0.811. The lowest BCUT2D eigenvalue weighted by atomic mass is 9.84. The number of hydrogen-bond donors (Lipinski definition) is 1. The van der Waals surface area contributed by atoms with Crippen molar-refractivity contribution in [1.29, 1.82) is 0 Å². The lowest BCUT2D eigenvalue weighted by Crippen LogP contribution is -2.36. The van der Waals surface area contributed by atoms with Crippen molar-refractivity contribution < 1.29 is 4.79 Å². The number of nitrogens with two attached hydrogens (primary N) is 1. The van der Waals surface area contributed by atoms with Crippen LogP contribution in [0.5, 0.6) is 0 Å². The zero-order valence-electron chi connectivity index (χ0n) is 8.98. The molecule has 0 aromatic carbocycles. The summed E-state index contributed by atoms with van der Waals surface area (Å²) in [6.07, 6.45) is 0.762. The first-order chi connectivity index (χ1) is 5.88. The number of ketones is 1. The predicted octanol–water partition coefficient (Wildman–Crippen LogP) is 1.73. The molecule has 0 bridgehead atoms. The van der Waals surface area contributed by atoms with Crippen LogP contribution in [0.1, 0.15) is 40.5 Å². The monoisotopic (exact) mass is 181 g/mol. The Hall–Kier alpha value is -0.810. The topological polar surface area (TPSA) is 43.1 Å². The van der Waals surface area contributed by atoms with Crippen LogP contribution in [0.4, 0.5) is 0 Å². The van der Waals surface area contributed by atoms with Crippen molar-refractivity contribution in [2.24, 2.45) is 11.1 Å². The van der Waals surface area contributed by atoms with Crippen LogP contribution in [-0.2, 0) is 4.79 Å². The van der Waals surface area contributed by atoms with Gasteiger partial charge in [-0.1, -0.05) is 26.7 Å². The van der Waals surface area contributed by atoms with Gasteiger partial charge in [-0.25, -0.2) is 0 Å². The maximum atomic E-state index is 11.3. The molecule has 0 aliphatic carbocycles. The molecule has 74 valence electrons. The Bertz CT molecular complexity index is 227. The fraction of sp³-hybridized carbons (Fsp3) is 0.727. The minimum Gasteiger partial charge on any atom is -0.327 e. The minimum absolute atomic E-state index is 0.00466. The van der Waals surface area contributed by atoms with Gasteiger partial charge in [0.1, 0.15) is 5.78 Å². The largest absolute Gasteiger partial charge is 0.327 e. The molecule has 1 unspecified atom stereocenters. The van der Waals surface area contributed by atoms with E-state index >= 15 is 0 Å². The van der Waals surface area contributed by atoms with E-state index < -0.39 is 0 Å². The van der Waals surface area contributed by atoms with Gasteiger partial charge in [0.2, 0.25) is 0 Å². The molecular formula is C11H19NO. The highest BCUT2D eigenvalue weighted by molar-refractivity contribution is 5.81. The molecule has 0 rings (SSSR count). The van der Waals surface area contributed by atoms with Crippen LogP contribution >= 0.6 is 0 Å². The van der Waals surface area contributed by atoms with E-state index in [9.17, 15) is 4.79 Å². The molecule has 2 nitrogen and oxygen atoms in total. The van der Waals surface area contributed by atoms with Crippen molar-refractivity contribution in [1.82, 2.24) is 0 Å². The van der Waals surface area contributed by atoms with E-state index in [0.29, 0.717) is 12.8 Å². The molecule has 0 spiro atoms. The quantitative estimate of drug-likeness (QED) is 0.674. The Balaban J connectivity index is 3.97. The maximum absolute atomic E-state index is 11.3. The third-order valence-corrected chi connectivity index (χ3v) is 2.02. The van der Waals surface area contributed by atoms with Crippen LogP contribution in [0.15, 0.2) is 0 Å². The number of rotatable bonds is 3. The summed E-state index contributed by atoms with van der Waals surface area (Å²) in [5.74, 6) is 5.58. The van der Waals surface area contributed by atoms with E-state index in [-0.39, 0.29) is 17.2 Å². The zero-order chi connectivity index (χ0) is 10.5. The summed E-state index contributed by atoms with van der Waals surface area (Å²) in [6, 6.07) is -0.0707. The molecule has 0 heterocycles. The molecule has 0 aliphatic heterocycles. The lowest BCUT2D eigenvalue weighted by molar-refractivity contribution is -0.118. The summed E-state index contributed by atoms with van der Waals surface area (Å²) >= 11 is 0. The van der Waals surface area contributed by atoms with Gasteiger partial charge >= 0.3 is 0 Å². The van der Waals surface area contributed by atoms with Gasteiger partial charge in [0.15, 0.2) is 0 Å². The van der Waals surface area contributed by atoms with E-state index in [1.165, 1.54) is 0 Å². The molecule has 1 atom stereocenters. The number of Topliss-reactive ketones (excluding diaryl/α,β-unsaturated/α-hetero) is 1. The van der Waals surface area contributed by atoms with Crippen LogP contribution in [0.2, 0.25) is 0 Å². The molecule has 2 N–H and O–H groups in total. The second-order valence-electron chi connectivity index (χ2n) is 4.32. The number of hydrogen-bond acceptors (Lipinski definition) is 2. The highest BCUT2D eigenvalue weighted by atomic mass is 16.1. The molecule has 0 saturated heterocycles. The predicted molar refractivity (Wildman–Crippen MR) is 55.1 cm³/mol. The highest BCUT2D eigenvalue weighted by Crippen LogP contribution is 2.20. The van der Waals surface area contributed by atoms with Crippen LogP contribution in [-0.4, -0.2) is 11.8 Å². The van der Waals surface area contributed by atoms with Crippen LogP contribution in [0.3, 0.4) is 0 Å². The van der Waals surface area contributed by atoms with Crippen molar-refractivity contribution in [2.75, 3.05) is 0 Å². The second-order valence-corrected chi connectivity index (χ2v) is 4.32. The number of carbonyl (C=O) groups excluding carboxylic acids is 1. The van der Waals surface area contributed by atoms with E-state index in [4.69, 9.17) is 5.73 Å². The normalized spacial score (nSPS) is 13.0. The first-order valence-corrected chi connectivity index (χ1v) is 4.55. The molecule has 0 saturated carbocycles. The third-order valence-electron chi connectivity index (χ3n) is 2.02. The fourth-order valence-corrected chi connectivity index (χ4v) is 0.811. The second kappa shape index (κ2) is 5.04. The van der Waals surface area contributed by atoms with Gasteiger partial charge in [0.05, 0.1) is 6.42 Å². The van der Waals surface area contributed by atoms with Gasteiger partial charge in [-0.3, -0.25) is 4.79 Å². The van der Waals surface area contributed by atoms with Gasteiger partial charge in [0, 0.05) is 12.5 Å². The zero-order valence-corrected chi connectivity index (χ0v) is 8.98. The third kappa shape index (κ3) is 5.43. The maximum Gasteiger partial charge on any atom is 0.146 e.